The van der Waals surface area contributed by atoms with Crippen LogP contribution in [0.2, 0.25) is 0 Å². The van der Waals surface area contributed by atoms with Gasteiger partial charge in [-0.25, -0.2) is 9.97 Å². The number of anilines is 1. The molecule has 0 bridgehead atoms. The van der Waals surface area contributed by atoms with Crippen LogP contribution >= 0.6 is 0 Å². The zero-order valence-corrected chi connectivity index (χ0v) is 13.9. The van der Waals surface area contributed by atoms with Crippen molar-refractivity contribution in [3.05, 3.63) is 72.1 Å². The van der Waals surface area contributed by atoms with Crippen LogP contribution in [0.15, 0.2) is 60.8 Å². The number of benzene rings is 2. The molecule has 0 fully saturated rings. The highest BCUT2D eigenvalue weighted by molar-refractivity contribution is 6.04. The number of carbonyl (C=O) groups excluding carboxylic acids is 1. The van der Waals surface area contributed by atoms with Crippen LogP contribution in [-0.4, -0.2) is 21.0 Å². The average Bonchev–Trinajstić information content (AvgIpc) is 2.65. The Kier molecular flexibility index (Phi) is 5.04. The van der Waals surface area contributed by atoms with Gasteiger partial charge in [0.1, 0.15) is 5.75 Å². The first kappa shape index (κ1) is 16.6. The minimum absolute atomic E-state index is 0.204. The zero-order chi connectivity index (χ0) is 17.6. The molecule has 126 valence electrons. The van der Waals surface area contributed by atoms with Crippen molar-refractivity contribution in [3.8, 4) is 17.0 Å². The number of aromatic nitrogens is 2. The summed E-state index contributed by atoms with van der Waals surface area (Å²) in [5.74, 6) is 0.486. The molecule has 0 aliphatic rings. The number of hydrogen-bond acceptors (Lipinski definition) is 4. The van der Waals surface area contributed by atoms with Gasteiger partial charge in [-0.15, -0.1) is 0 Å². The third kappa shape index (κ3) is 4.01. The van der Waals surface area contributed by atoms with Gasteiger partial charge >= 0.3 is 0 Å². The van der Waals surface area contributed by atoms with E-state index >= 15 is 0 Å². The summed E-state index contributed by atoms with van der Waals surface area (Å²) in [7, 11) is 0. The fourth-order valence-electron chi connectivity index (χ4n) is 2.48. The Balaban J connectivity index is 1.89. The van der Waals surface area contributed by atoms with Crippen LogP contribution in [0.5, 0.6) is 5.75 Å². The van der Waals surface area contributed by atoms with Crippen LogP contribution < -0.4 is 5.32 Å². The van der Waals surface area contributed by atoms with Crippen molar-refractivity contribution >= 4 is 11.7 Å². The molecule has 0 unspecified atom stereocenters. The van der Waals surface area contributed by atoms with Crippen LogP contribution in [0.1, 0.15) is 29.4 Å². The van der Waals surface area contributed by atoms with Gasteiger partial charge in [-0.2, -0.15) is 0 Å². The highest BCUT2D eigenvalue weighted by atomic mass is 16.3. The number of rotatable bonds is 5. The molecule has 1 aromatic heterocycles. The van der Waals surface area contributed by atoms with Gasteiger partial charge in [0.15, 0.2) is 5.82 Å². The molecule has 1 amide bonds. The molecule has 0 atom stereocenters. The number of phenolic OH excluding ortho intramolecular Hbond substituents is 1. The number of nitrogens with one attached hydrogen (secondary N) is 1. The fraction of sp³-hybridized carbons (Fsp3) is 0.150. The van der Waals surface area contributed by atoms with Gasteiger partial charge < -0.3 is 10.4 Å². The minimum atomic E-state index is -0.204. The van der Waals surface area contributed by atoms with E-state index in [-0.39, 0.29) is 11.7 Å². The molecule has 5 nitrogen and oxygen atoms in total. The molecular weight excluding hydrogens is 314 g/mol. The molecule has 0 saturated carbocycles. The number of aryl methyl sites for hydroxylation is 1. The van der Waals surface area contributed by atoms with Crippen LogP contribution in [0.3, 0.4) is 0 Å². The van der Waals surface area contributed by atoms with Crippen molar-refractivity contribution in [2.24, 2.45) is 0 Å². The van der Waals surface area contributed by atoms with Crippen molar-refractivity contribution < 1.29 is 9.90 Å². The lowest BCUT2D eigenvalue weighted by molar-refractivity contribution is 0.102. The van der Waals surface area contributed by atoms with Gasteiger partial charge in [-0.1, -0.05) is 31.5 Å². The van der Waals surface area contributed by atoms with E-state index in [0.29, 0.717) is 23.5 Å². The number of aromatic hydroxyl groups is 1. The summed E-state index contributed by atoms with van der Waals surface area (Å²) in [6.45, 7) is 2.05. The molecule has 0 aliphatic carbocycles. The smallest absolute Gasteiger partial charge is 0.256 e. The molecule has 25 heavy (non-hydrogen) atoms. The van der Waals surface area contributed by atoms with E-state index in [1.807, 2.05) is 18.2 Å². The van der Waals surface area contributed by atoms with Crippen LogP contribution in [-0.2, 0) is 6.42 Å². The molecule has 0 aliphatic heterocycles. The number of nitrogens with zero attached hydrogens (tertiary/aromatic N) is 2. The summed E-state index contributed by atoms with van der Waals surface area (Å²) in [5.41, 5.74) is 2.90. The Hall–Kier alpha value is -3.21. The quantitative estimate of drug-likeness (QED) is 0.738. The Morgan fingerprint density at radius 3 is 2.48 bits per heavy atom. The molecule has 2 aromatic carbocycles. The van der Waals surface area contributed by atoms with E-state index in [1.165, 1.54) is 0 Å². The van der Waals surface area contributed by atoms with Crippen LogP contribution in [0, 0.1) is 0 Å². The molecule has 1 heterocycles. The third-order valence-corrected chi connectivity index (χ3v) is 3.76. The van der Waals surface area contributed by atoms with E-state index in [9.17, 15) is 9.90 Å². The minimum Gasteiger partial charge on any atom is -0.508 e. The number of amides is 1. The number of phenols is 1. The monoisotopic (exact) mass is 333 g/mol. The first-order valence-corrected chi connectivity index (χ1v) is 8.19. The van der Waals surface area contributed by atoms with E-state index in [0.717, 1.165) is 17.7 Å². The number of carbonyl (C=O) groups is 1. The predicted octanol–water partition coefficient (Wildman–Crippen LogP) is 4.05. The Labute approximate surface area is 146 Å². The van der Waals surface area contributed by atoms with E-state index in [2.05, 4.69) is 22.2 Å². The van der Waals surface area contributed by atoms with Gasteiger partial charge in [0.25, 0.3) is 5.91 Å². The van der Waals surface area contributed by atoms with Gasteiger partial charge in [-0.3, -0.25) is 4.79 Å². The first-order chi connectivity index (χ1) is 12.2. The third-order valence-electron chi connectivity index (χ3n) is 3.76. The Bertz CT molecular complexity index is 862. The maximum atomic E-state index is 12.4. The standard InChI is InChI=1S/C20H19N3O2/c1-2-6-17-19(23-20(25)15-7-4-3-5-8-15)21-13-18(22-17)14-9-11-16(24)12-10-14/h3-5,7-13,24H,2,6H2,1H3,(H,21,23,25). The van der Waals surface area contributed by atoms with Crippen molar-refractivity contribution in [1.82, 2.24) is 9.97 Å². The highest BCUT2D eigenvalue weighted by Crippen LogP contribution is 2.23. The molecule has 3 rings (SSSR count). The highest BCUT2D eigenvalue weighted by Gasteiger charge is 2.12. The lowest BCUT2D eigenvalue weighted by atomic mass is 10.1. The molecule has 0 spiro atoms. The Morgan fingerprint density at radius 2 is 1.80 bits per heavy atom. The maximum Gasteiger partial charge on any atom is 0.256 e. The van der Waals surface area contributed by atoms with Gasteiger partial charge in [0.2, 0.25) is 0 Å². The summed E-state index contributed by atoms with van der Waals surface area (Å²) in [6, 6.07) is 15.8. The largest absolute Gasteiger partial charge is 0.508 e. The first-order valence-electron chi connectivity index (χ1n) is 8.19. The van der Waals surface area contributed by atoms with Crippen LogP contribution in [0.25, 0.3) is 11.3 Å². The predicted molar refractivity (Wildman–Crippen MR) is 97.5 cm³/mol. The molecule has 2 N–H and O–H groups in total. The second kappa shape index (κ2) is 7.57. The van der Waals surface area contributed by atoms with Crippen molar-refractivity contribution in [1.29, 1.82) is 0 Å². The lowest BCUT2D eigenvalue weighted by Gasteiger charge is -2.11. The van der Waals surface area contributed by atoms with E-state index < -0.39 is 0 Å². The van der Waals surface area contributed by atoms with Gasteiger partial charge in [0, 0.05) is 11.1 Å². The summed E-state index contributed by atoms with van der Waals surface area (Å²) in [5, 5.41) is 12.3. The summed E-state index contributed by atoms with van der Waals surface area (Å²) in [6.07, 6.45) is 3.23. The number of hydrogen-bond donors (Lipinski definition) is 2. The molecule has 5 heteroatoms. The van der Waals surface area contributed by atoms with Crippen molar-refractivity contribution in [3.63, 3.8) is 0 Å². The fourth-order valence-corrected chi connectivity index (χ4v) is 2.48. The SMILES string of the molecule is CCCc1nc(-c2ccc(O)cc2)cnc1NC(=O)c1ccccc1. The van der Waals surface area contributed by atoms with Crippen molar-refractivity contribution in [2.45, 2.75) is 19.8 Å². The van der Waals surface area contributed by atoms with Crippen molar-refractivity contribution in [2.75, 3.05) is 5.32 Å². The topological polar surface area (TPSA) is 75.1 Å². The van der Waals surface area contributed by atoms with Gasteiger partial charge in [0.05, 0.1) is 17.6 Å². The second-order valence-electron chi connectivity index (χ2n) is 5.67. The second-order valence-corrected chi connectivity index (χ2v) is 5.67. The van der Waals surface area contributed by atoms with E-state index in [4.69, 9.17) is 0 Å². The zero-order valence-electron chi connectivity index (χ0n) is 13.9. The normalized spacial score (nSPS) is 10.4. The molecular formula is C20H19N3O2. The summed E-state index contributed by atoms with van der Waals surface area (Å²) in [4.78, 5) is 21.4. The molecule has 3 aromatic rings. The summed E-state index contributed by atoms with van der Waals surface area (Å²) >= 11 is 0. The summed E-state index contributed by atoms with van der Waals surface area (Å²) < 4.78 is 0. The molecule has 0 saturated heterocycles. The van der Waals surface area contributed by atoms with Gasteiger partial charge in [-0.05, 0) is 42.8 Å². The lowest BCUT2D eigenvalue weighted by Crippen LogP contribution is -2.15. The van der Waals surface area contributed by atoms with E-state index in [1.54, 1.807) is 42.6 Å². The average molecular weight is 333 g/mol. The van der Waals surface area contributed by atoms with Crippen LogP contribution in [0.4, 0.5) is 5.82 Å². The Morgan fingerprint density at radius 1 is 1.08 bits per heavy atom. The maximum absolute atomic E-state index is 12.4. The molecule has 0 radical (unpaired) electrons.